The lowest BCUT2D eigenvalue weighted by atomic mass is 10.0. The molecule has 4 rings (SSSR count). The lowest BCUT2D eigenvalue weighted by molar-refractivity contribution is 0.0694. The van der Waals surface area contributed by atoms with E-state index < -0.39 is 41.9 Å². The minimum Gasteiger partial charge on any atom is -0.478 e. The van der Waals surface area contributed by atoms with Crippen LogP contribution in [0.4, 0.5) is 17.1 Å². The molecule has 0 bridgehead atoms. The number of carboxylic acid groups (broad SMARTS) is 1. The Morgan fingerprint density at radius 3 is 2.00 bits per heavy atom. The Hall–Kier alpha value is -4.83. The molecule has 0 spiro atoms. The third kappa shape index (κ3) is 6.08. The highest BCUT2D eigenvalue weighted by molar-refractivity contribution is 7.86. The summed E-state index contributed by atoms with van der Waals surface area (Å²) < 4.78 is 66.7. The highest BCUT2D eigenvalue weighted by Gasteiger charge is 2.21. The highest BCUT2D eigenvalue weighted by atomic mass is 32.2. The molecular formula is C25H17N3O10S2. The van der Waals surface area contributed by atoms with E-state index in [1.807, 2.05) is 0 Å². The van der Waals surface area contributed by atoms with Gasteiger partial charge in [0.2, 0.25) is 0 Å². The summed E-state index contributed by atoms with van der Waals surface area (Å²) in [4.78, 5) is 33.6. The summed E-state index contributed by atoms with van der Waals surface area (Å²) in [5, 5.41) is 19.3. The van der Waals surface area contributed by atoms with E-state index in [1.54, 1.807) is 0 Å². The van der Waals surface area contributed by atoms with E-state index in [9.17, 15) is 45.4 Å². The van der Waals surface area contributed by atoms with Crippen molar-refractivity contribution in [3.63, 3.8) is 0 Å². The van der Waals surface area contributed by atoms with Gasteiger partial charge < -0.3 is 10.4 Å². The van der Waals surface area contributed by atoms with Crippen LogP contribution in [0.1, 0.15) is 31.1 Å². The molecule has 4 N–H and O–H groups in total. The van der Waals surface area contributed by atoms with Crippen LogP contribution in [0.25, 0.3) is 10.8 Å². The first-order chi connectivity index (χ1) is 18.8. The maximum Gasteiger partial charge on any atom is 0.336 e. The zero-order chi connectivity index (χ0) is 29.2. The average Bonchev–Trinajstić information content (AvgIpc) is 2.90. The van der Waals surface area contributed by atoms with Crippen molar-refractivity contribution in [2.45, 2.75) is 9.79 Å². The van der Waals surface area contributed by atoms with Crippen molar-refractivity contribution in [1.82, 2.24) is 0 Å². The Kier molecular flexibility index (Phi) is 7.57. The smallest absolute Gasteiger partial charge is 0.336 e. The van der Waals surface area contributed by atoms with Crippen molar-refractivity contribution in [2.75, 3.05) is 5.32 Å². The number of hydrogen-bond donors (Lipinski definition) is 4. The Morgan fingerprint density at radius 1 is 0.750 bits per heavy atom. The number of hydrogen-bond acceptors (Lipinski definition) is 9. The largest absolute Gasteiger partial charge is 0.478 e. The molecule has 0 unspecified atom stereocenters. The number of nitrogens with one attached hydrogen (secondary N) is 1. The summed E-state index contributed by atoms with van der Waals surface area (Å²) in [5.74, 6) is -2.01. The number of carbonyl (C=O) groups excluding carboxylic acids is 2. The average molecular weight is 584 g/mol. The number of rotatable bonds is 8. The lowest BCUT2D eigenvalue weighted by Crippen LogP contribution is -2.13. The van der Waals surface area contributed by atoms with Crippen molar-refractivity contribution in [2.24, 2.45) is 10.2 Å². The van der Waals surface area contributed by atoms with Crippen molar-refractivity contribution in [3.8, 4) is 0 Å². The second-order valence-corrected chi connectivity index (χ2v) is 11.0. The van der Waals surface area contributed by atoms with Crippen LogP contribution in [0, 0.1) is 0 Å². The van der Waals surface area contributed by atoms with Gasteiger partial charge in [0.05, 0.1) is 16.9 Å². The van der Waals surface area contributed by atoms with Gasteiger partial charge in [-0.3, -0.25) is 18.7 Å². The normalized spacial score (nSPS) is 11.9. The molecule has 204 valence electrons. The van der Waals surface area contributed by atoms with Gasteiger partial charge in [-0.05, 0) is 54.6 Å². The fourth-order valence-electron chi connectivity index (χ4n) is 3.72. The maximum absolute atomic E-state index is 12.5. The molecule has 0 aromatic heterocycles. The quantitative estimate of drug-likeness (QED) is 0.129. The number of fused-ring (bicyclic) bond motifs is 1. The molecule has 0 fully saturated rings. The number of aldehydes is 1. The standard InChI is InChI=1S/C25H17N3O10S2/c29-13-15-5-4-14(10-20(15)25(31)32)24(30)26-16-6-8-17(9-7-16)27-28-18-11-21-19(23(12-18)40(36,37)38)2-1-3-22(21)39(33,34)35/h1-13H,(H,26,30)(H,31,32)(H,33,34,35)(H,36,37,38)/b28-27+. The van der Waals surface area contributed by atoms with Gasteiger partial charge in [0.15, 0.2) is 6.29 Å². The summed E-state index contributed by atoms with van der Waals surface area (Å²) in [7, 11) is -9.57. The molecule has 0 aliphatic heterocycles. The van der Waals surface area contributed by atoms with Gasteiger partial charge >= 0.3 is 5.97 Å². The third-order valence-electron chi connectivity index (χ3n) is 5.54. The van der Waals surface area contributed by atoms with E-state index >= 15 is 0 Å². The van der Waals surface area contributed by atoms with Crippen molar-refractivity contribution >= 4 is 66.2 Å². The van der Waals surface area contributed by atoms with Crippen LogP contribution in [0.3, 0.4) is 0 Å². The van der Waals surface area contributed by atoms with Gasteiger partial charge in [-0.15, -0.1) is 0 Å². The molecule has 0 saturated carbocycles. The number of nitrogens with zero attached hydrogens (tertiary/aromatic N) is 2. The highest BCUT2D eigenvalue weighted by Crippen LogP contribution is 2.33. The fraction of sp³-hybridized carbons (Fsp3) is 0. The Balaban J connectivity index is 1.61. The van der Waals surface area contributed by atoms with Crippen LogP contribution in [-0.4, -0.2) is 49.2 Å². The molecule has 0 aliphatic rings. The predicted octanol–water partition coefficient (Wildman–Crippen LogP) is 4.51. The second-order valence-electron chi connectivity index (χ2n) is 8.17. The minimum absolute atomic E-state index is 0.00182. The van der Waals surface area contributed by atoms with Gasteiger partial charge in [-0.25, -0.2) is 4.79 Å². The number of azo groups is 1. The van der Waals surface area contributed by atoms with Crippen LogP contribution < -0.4 is 5.32 Å². The summed E-state index contributed by atoms with van der Waals surface area (Å²) in [6.07, 6.45) is 0.368. The molecule has 4 aromatic rings. The van der Waals surface area contributed by atoms with Crippen molar-refractivity contribution in [1.29, 1.82) is 0 Å². The van der Waals surface area contributed by atoms with Crippen molar-refractivity contribution in [3.05, 3.63) is 89.5 Å². The van der Waals surface area contributed by atoms with E-state index in [-0.39, 0.29) is 38.8 Å². The SMILES string of the molecule is O=Cc1ccc(C(=O)Nc2ccc(/N=N/c3cc(S(=O)(=O)O)c4cccc(S(=O)(=O)O)c4c3)cc2)cc1C(=O)O. The zero-order valence-corrected chi connectivity index (χ0v) is 21.5. The van der Waals surface area contributed by atoms with E-state index in [0.29, 0.717) is 12.0 Å². The fourth-order valence-corrected chi connectivity index (χ4v) is 5.14. The maximum atomic E-state index is 12.5. The summed E-state index contributed by atoms with van der Waals surface area (Å²) in [6.45, 7) is 0. The monoisotopic (exact) mass is 583 g/mol. The first-order valence-electron chi connectivity index (χ1n) is 11.0. The van der Waals surface area contributed by atoms with Gasteiger partial charge in [0, 0.05) is 27.6 Å². The van der Waals surface area contributed by atoms with Gasteiger partial charge in [0.1, 0.15) is 9.79 Å². The van der Waals surface area contributed by atoms with Crippen LogP contribution in [-0.2, 0) is 20.2 Å². The molecule has 15 heteroatoms. The predicted molar refractivity (Wildman–Crippen MR) is 141 cm³/mol. The molecule has 0 atom stereocenters. The molecule has 0 aliphatic carbocycles. The van der Waals surface area contributed by atoms with Gasteiger partial charge in [-0.1, -0.05) is 18.2 Å². The lowest BCUT2D eigenvalue weighted by Gasteiger charge is -2.09. The van der Waals surface area contributed by atoms with Crippen LogP contribution in [0.15, 0.2) is 92.8 Å². The van der Waals surface area contributed by atoms with E-state index in [1.165, 1.54) is 54.6 Å². The molecule has 0 heterocycles. The summed E-state index contributed by atoms with van der Waals surface area (Å²) in [6, 6.07) is 15.0. The number of carbonyl (C=O) groups is 3. The van der Waals surface area contributed by atoms with E-state index in [2.05, 4.69) is 15.5 Å². The summed E-state index contributed by atoms with van der Waals surface area (Å²) >= 11 is 0. The Labute approximate surface area is 226 Å². The summed E-state index contributed by atoms with van der Waals surface area (Å²) in [5.41, 5.74) is -0.0184. The minimum atomic E-state index is -4.82. The molecular weight excluding hydrogens is 566 g/mol. The van der Waals surface area contributed by atoms with Crippen LogP contribution in [0.5, 0.6) is 0 Å². The molecule has 4 aromatic carbocycles. The van der Waals surface area contributed by atoms with Crippen molar-refractivity contribution < 1.29 is 45.4 Å². The molecule has 40 heavy (non-hydrogen) atoms. The number of amides is 1. The second kappa shape index (κ2) is 10.7. The van der Waals surface area contributed by atoms with Crippen LogP contribution >= 0.6 is 0 Å². The first kappa shape index (κ1) is 28.2. The Morgan fingerprint density at radius 2 is 1.40 bits per heavy atom. The number of aromatic carboxylic acids is 1. The first-order valence-corrected chi connectivity index (χ1v) is 13.8. The molecule has 13 nitrogen and oxygen atoms in total. The molecule has 0 saturated heterocycles. The number of benzene rings is 4. The Bertz CT molecular complexity index is 1940. The van der Waals surface area contributed by atoms with E-state index in [4.69, 9.17) is 0 Å². The number of anilines is 1. The van der Waals surface area contributed by atoms with E-state index in [0.717, 1.165) is 18.2 Å². The topological polar surface area (TPSA) is 217 Å². The van der Waals surface area contributed by atoms with Gasteiger partial charge in [-0.2, -0.15) is 27.1 Å². The zero-order valence-electron chi connectivity index (χ0n) is 19.9. The third-order valence-corrected chi connectivity index (χ3v) is 7.34. The molecule has 1 amide bonds. The van der Waals surface area contributed by atoms with Crippen LogP contribution in [0.2, 0.25) is 0 Å². The van der Waals surface area contributed by atoms with Gasteiger partial charge in [0.25, 0.3) is 26.1 Å². The number of carboxylic acids is 1. The molecule has 0 radical (unpaired) electrons.